The van der Waals surface area contributed by atoms with Gasteiger partial charge in [-0.05, 0) is 44.0 Å². The molecular formula is C17H23NO5. The van der Waals surface area contributed by atoms with Gasteiger partial charge in [0.25, 0.3) is 0 Å². The Morgan fingerprint density at radius 1 is 1.04 bits per heavy atom. The number of benzene rings is 1. The molecule has 1 aromatic rings. The minimum atomic E-state index is -0.344. The Morgan fingerprint density at radius 3 is 2.09 bits per heavy atom. The van der Waals surface area contributed by atoms with Crippen molar-refractivity contribution >= 4 is 5.97 Å². The molecule has 3 aliphatic rings. The first-order chi connectivity index (χ1) is 11.2. The van der Waals surface area contributed by atoms with Crippen LogP contribution < -0.4 is 14.2 Å². The Hall–Kier alpha value is -1.95. The number of hydrogen-bond donors (Lipinski definition) is 0. The minimum absolute atomic E-state index is 0.0240. The summed E-state index contributed by atoms with van der Waals surface area (Å²) in [5.41, 5.74) is 0.413. The van der Waals surface area contributed by atoms with E-state index in [4.69, 9.17) is 18.9 Å². The van der Waals surface area contributed by atoms with Crippen molar-refractivity contribution < 1.29 is 23.7 Å². The summed E-state index contributed by atoms with van der Waals surface area (Å²) in [5.74, 6) is 1.50. The van der Waals surface area contributed by atoms with E-state index in [0.29, 0.717) is 28.7 Å². The third-order valence-corrected chi connectivity index (χ3v) is 4.76. The number of nitrogens with zero attached hydrogens (tertiary/aromatic N) is 1. The van der Waals surface area contributed by atoms with Gasteiger partial charge < -0.3 is 18.9 Å². The van der Waals surface area contributed by atoms with Crippen LogP contribution in [0.3, 0.4) is 0 Å². The zero-order valence-corrected chi connectivity index (χ0v) is 13.8. The number of rotatable bonds is 5. The average Bonchev–Trinajstić information content (AvgIpc) is 2.61. The van der Waals surface area contributed by atoms with Gasteiger partial charge in [0.1, 0.15) is 6.10 Å². The quantitative estimate of drug-likeness (QED) is 0.773. The van der Waals surface area contributed by atoms with Crippen molar-refractivity contribution in [1.29, 1.82) is 0 Å². The summed E-state index contributed by atoms with van der Waals surface area (Å²) >= 11 is 0. The number of methoxy groups -OCH3 is 3. The number of piperidine rings is 3. The molecule has 0 unspecified atom stereocenters. The molecule has 0 aliphatic carbocycles. The lowest BCUT2D eigenvalue weighted by Crippen LogP contribution is -2.51. The zero-order chi connectivity index (χ0) is 16.4. The highest BCUT2D eigenvalue weighted by atomic mass is 16.5. The second kappa shape index (κ2) is 6.66. The summed E-state index contributed by atoms with van der Waals surface area (Å²) in [6, 6.07) is 3.26. The molecule has 0 aromatic heterocycles. The van der Waals surface area contributed by atoms with Gasteiger partial charge in [0.15, 0.2) is 11.5 Å². The van der Waals surface area contributed by atoms with Gasteiger partial charge in [-0.25, -0.2) is 4.79 Å². The highest BCUT2D eigenvalue weighted by Crippen LogP contribution is 2.38. The van der Waals surface area contributed by atoms with Crippen molar-refractivity contribution in [1.82, 2.24) is 4.90 Å². The lowest BCUT2D eigenvalue weighted by molar-refractivity contribution is -0.0456. The molecule has 0 spiro atoms. The molecule has 1 atom stereocenters. The highest BCUT2D eigenvalue weighted by molar-refractivity contribution is 5.91. The van der Waals surface area contributed by atoms with Crippen molar-refractivity contribution in [2.24, 2.45) is 5.92 Å². The molecule has 23 heavy (non-hydrogen) atoms. The minimum Gasteiger partial charge on any atom is -0.493 e. The van der Waals surface area contributed by atoms with Gasteiger partial charge in [0, 0.05) is 6.54 Å². The summed E-state index contributed by atoms with van der Waals surface area (Å²) < 4.78 is 21.6. The molecule has 0 amide bonds. The Bertz CT molecular complexity index is 555. The van der Waals surface area contributed by atoms with Gasteiger partial charge in [-0.1, -0.05) is 0 Å². The fourth-order valence-electron chi connectivity index (χ4n) is 3.45. The first-order valence-electron chi connectivity index (χ1n) is 7.89. The van der Waals surface area contributed by atoms with E-state index in [-0.39, 0.29) is 12.1 Å². The summed E-state index contributed by atoms with van der Waals surface area (Å²) in [5, 5.41) is 0. The van der Waals surface area contributed by atoms with E-state index in [1.165, 1.54) is 21.3 Å². The molecule has 2 bridgehead atoms. The predicted molar refractivity (Wildman–Crippen MR) is 84.5 cm³/mol. The van der Waals surface area contributed by atoms with E-state index < -0.39 is 0 Å². The van der Waals surface area contributed by atoms with Crippen LogP contribution in [0.5, 0.6) is 17.2 Å². The zero-order valence-electron chi connectivity index (χ0n) is 13.8. The second-order valence-corrected chi connectivity index (χ2v) is 6.00. The van der Waals surface area contributed by atoms with Crippen molar-refractivity contribution in [3.63, 3.8) is 0 Å². The van der Waals surface area contributed by atoms with Crippen LogP contribution in [0.15, 0.2) is 12.1 Å². The van der Waals surface area contributed by atoms with Crippen LogP contribution in [0.1, 0.15) is 23.2 Å². The van der Waals surface area contributed by atoms with E-state index in [1.54, 1.807) is 12.1 Å². The number of carbonyl (C=O) groups is 1. The molecule has 6 heteroatoms. The Balaban J connectivity index is 1.79. The number of hydrogen-bond acceptors (Lipinski definition) is 6. The van der Waals surface area contributed by atoms with E-state index in [9.17, 15) is 4.79 Å². The van der Waals surface area contributed by atoms with E-state index >= 15 is 0 Å². The van der Waals surface area contributed by atoms with Gasteiger partial charge in [0.05, 0.1) is 26.9 Å². The smallest absolute Gasteiger partial charge is 0.338 e. The molecule has 3 heterocycles. The lowest BCUT2D eigenvalue weighted by atomic mass is 9.86. The second-order valence-electron chi connectivity index (χ2n) is 6.00. The summed E-state index contributed by atoms with van der Waals surface area (Å²) in [6.07, 6.45) is 2.18. The predicted octanol–water partition coefficient (Wildman–Crippen LogP) is 1.96. The first kappa shape index (κ1) is 15.9. The average molecular weight is 321 g/mol. The fraction of sp³-hybridized carbons (Fsp3) is 0.588. The number of esters is 1. The van der Waals surface area contributed by atoms with Crippen LogP contribution in [-0.4, -0.2) is 57.9 Å². The SMILES string of the molecule is COc1cc(C(=O)O[C@@H]2CN3CCC2CC3)cc(OC)c1OC. The van der Waals surface area contributed by atoms with Gasteiger partial charge in [-0.2, -0.15) is 0 Å². The third kappa shape index (κ3) is 3.08. The van der Waals surface area contributed by atoms with Crippen LogP contribution in [0.2, 0.25) is 0 Å². The molecule has 0 radical (unpaired) electrons. The maximum atomic E-state index is 12.5. The van der Waals surface area contributed by atoms with Crippen molar-refractivity contribution in [3.8, 4) is 17.2 Å². The van der Waals surface area contributed by atoms with Gasteiger partial charge >= 0.3 is 5.97 Å². The van der Waals surface area contributed by atoms with Gasteiger partial charge in [-0.15, -0.1) is 0 Å². The molecule has 3 fully saturated rings. The highest BCUT2D eigenvalue weighted by Gasteiger charge is 2.36. The Morgan fingerprint density at radius 2 is 1.65 bits per heavy atom. The van der Waals surface area contributed by atoms with E-state index in [1.807, 2.05) is 0 Å². The van der Waals surface area contributed by atoms with Crippen molar-refractivity contribution in [2.45, 2.75) is 18.9 Å². The molecule has 4 rings (SSSR count). The fourth-order valence-corrected chi connectivity index (χ4v) is 3.45. The molecule has 0 N–H and O–H groups in total. The molecule has 126 valence electrons. The topological polar surface area (TPSA) is 57.2 Å². The van der Waals surface area contributed by atoms with Crippen LogP contribution in [0, 0.1) is 5.92 Å². The maximum Gasteiger partial charge on any atom is 0.338 e. The lowest BCUT2D eigenvalue weighted by Gasteiger charge is -2.43. The summed E-state index contributed by atoms with van der Waals surface area (Å²) in [4.78, 5) is 14.9. The third-order valence-electron chi connectivity index (χ3n) is 4.76. The summed E-state index contributed by atoms with van der Waals surface area (Å²) in [6.45, 7) is 3.06. The molecular weight excluding hydrogens is 298 g/mol. The normalized spacial score (nSPS) is 25.8. The Labute approximate surface area is 136 Å². The Kier molecular flexibility index (Phi) is 4.61. The molecule has 0 saturated carbocycles. The van der Waals surface area contributed by atoms with E-state index in [2.05, 4.69) is 4.90 Å². The van der Waals surface area contributed by atoms with E-state index in [0.717, 1.165) is 32.5 Å². The summed E-state index contributed by atoms with van der Waals surface area (Å²) in [7, 11) is 4.59. The first-order valence-corrected chi connectivity index (χ1v) is 7.89. The largest absolute Gasteiger partial charge is 0.493 e. The van der Waals surface area contributed by atoms with Crippen molar-refractivity contribution in [2.75, 3.05) is 41.0 Å². The van der Waals surface area contributed by atoms with Gasteiger partial charge in [0.2, 0.25) is 5.75 Å². The van der Waals surface area contributed by atoms with Gasteiger partial charge in [-0.3, -0.25) is 4.90 Å². The number of carbonyl (C=O) groups excluding carboxylic acids is 1. The monoisotopic (exact) mass is 321 g/mol. The van der Waals surface area contributed by atoms with Crippen LogP contribution >= 0.6 is 0 Å². The van der Waals surface area contributed by atoms with Crippen molar-refractivity contribution in [3.05, 3.63) is 17.7 Å². The molecule has 3 aliphatic heterocycles. The standard InChI is InChI=1S/C17H23NO5/c1-20-13-8-12(9-14(21-2)16(13)22-3)17(19)23-15-10-18-6-4-11(15)5-7-18/h8-9,11,15H,4-7,10H2,1-3H3/t15-/m1/s1. The molecule has 6 nitrogen and oxygen atoms in total. The van der Waals surface area contributed by atoms with Crippen LogP contribution in [0.4, 0.5) is 0 Å². The maximum absolute atomic E-state index is 12.5. The molecule has 3 saturated heterocycles. The van der Waals surface area contributed by atoms with Crippen LogP contribution in [0.25, 0.3) is 0 Å². The number of ether oxygens (including phenoxy) is 4. The molecule has 1 aromatic carbocycles. The van der Waals surface area contributed by atoms with Crippen LogP contribution in [-0.2, 0) is 4.74 Å². The number of fused-ring (bicyclic) bond motifs is 3.